The minimum atomic E-state index is -2.78. The van der Waals surface area contributed by atoms with Crippen molar-refractivity contribution in [1.29, 1.82) is 0 Å². The van der Waals surface area contributed by atoms with Crippen molar-refractivity contribution < 1.29 is 8.42 Å². The minimum Gasteiger partial charge on any atom is -0.313 e. The van der Waals surface area contributed by atoms with Crippen molar-refractivity contribution in [3.8, 4) is 0 Å². The van der Waals surface area contributed by atoms with E-state index >= 15 is 0 Å². The van der Waals surface area contributed by atoms with Crippen molar-refractivity contribution in [3.05, 3.63) is 0 Å². The third-order valence-corrected chi connectivity index (χ3v) is 6.96. The Labute approximate surface area is 118 Å². The van der Waals surface area contributed by atoms with Crippen molar-refractivity contribution in [2.45, 2.75) is 70.1 Å². The van der Waals surface area contributed by atoms with Gasteiger partial charge in [-0.3, -0.25) is 0 Å². The first-order valence-corrected chi connectivity index (χ1v) is 9.64. The number of hydrogen-bond donors (Lipinski definition) is 1. The van der Waals surface area contributed by atoms with Crippen LogP contribution in [-0.2, 0) is 9.84 Å². The Morgan fingerprint density at radius 2 is 1.95 bits per heavy atom. The molecule has 1 N–H and O–H groups in total. The molecule has 2 rings (SSSR count). The Kier molecular flexibility index (Phi) is 5.29. The zero-order valence-corrected chi connectivity index (χ0v) is 13.2. The lowest BCUT2D eigenvalue weighted by Crippen LogP contribution is -2.40. The second-order valence-electron chi connectivity index (χ2n) is 6.90. The predicted octanol–water partition coefficient (Wildman–Crippen LogP) is 2.76. The molecule has 1 saturated heterocycles. The van der Waals surface area contributed by atoms with Crippen LogP contribution in [0.4, 0.5) is 0 Å². The van der Waals surface area contributed by atoms with Gasteiger partial charge in [0.25, 0.3) is 0 Å². The van der Waals surface area contributed by atoms with E-state index in [0.29, 0.717) is 18.3 Å². The van der Waals surface area contributed by atoms with Gasteiger partial charge in [0.05, 0.1) is 11.0 Å². The molecule has 2 fully saturated rings. The molecule has 0 amide bonds. The Morgan fingerprint density at radius 3 is 2.58 bits per heavy atom. The number of nitrogens with one attached hydrogen (secondary N) is 1. The van der Waals surface area contributed by atoms with Crippen LogP contribution >= 0.6 is 0 Å². The van der Waals surface area contributed by atoms with Crippen molar-refractivity contribution in [2.75, 3.05) is 12.3 Å². The highest BCUT2D eigenvalue weighted by atomic mass is 32.2. The molecule has 2 aliphatic rings. The molecule has 0 aromatic rings. The van der Waals surface area contributed by atoms with Crippen LogP contribution in [0, 0.1) is 11.8 Å². The molecule has 0 aromatic heterocycles. The molecule has 0 bridgehead atoms. The molecule has 3 atom stereocenters. The molecule has 112 valence electrons. The zero-order chi connectivity index (χ0) is 13.9. The molecule has 1 aliphatic carbocycles. The van der Waals surface area contributed by atoms with Crippen molar-refractivity contribution in [2.24, 2.45) is 11.8 Å². The second kappa shape index (κ2) is 6.57. The minimum absolute atomic E-state index is 0.113. The maximum atomic E-state index is 11.8. The Balaban J connectivity index is 1.76. The summed E-state index contributed by atoms with van der Waals surface area (Å²) in [5, 5.41) is 3.43. The summed E-state index contributed by atoms with van der Waals surface area (Å²) >= 11 is 0. The van der Waals surface area contributed by atoms with Gasteiger partial charge in [-0.25, -0.2) is 8.42 Å². The topological polar surface area (TPSA) is 46.2 Å². The lowest BCUT2D eigenvalue weighted by Gasteiger charge is -2.31. The number of hydrogen-bond acceptors (Lipinski definition) is 3. The van der Waals surface area contributed by atoms with E-state index in [1.807, 2.05) is 0 Å². The van der Waals surface area contributed by atoms with E-state index in [1.54, 1.807) is 0 Å². The van der Waals surface area contributed by atoms with Gasteiger partial charge in [-0.05, 0) is 43.9 Å². The van der Waals surface area contributed by atoms with Crippen LogP contribution in [0.1, 0.15) is 58.8 Å². The average Bonchev–Trinajstić information content (AvgIpc) is 2.65. The lowest BCUT2D eigenvalue weighted by atomic mass is 9.81. The highest BCUT2D eigenvalue weighted by Crippen LogP contribution is 2.29. The third-order valence-electron chi connectivity index (χ3n) is 4.68. The fraction of sp³-hybridized carbons (Fsp3) is 1.00. The normalized spacial score (nSPS) is 34.8. The Bertz CT molecular complexity index is 378. The van der Waals surface area contributed by atoms with Crippen LogP contribution in [0.15, 0.2) is 0 Å². The molecule has 0 spiro atoms. The van der Waals surface area contributed by atoms with Crippen LogP contribution in [0.25, 0.3) is 0 Å². The maximum Gasteiger partial charge on any atom is 0.154 e. The Morgan fingerprint density at radius 1 is 1.16 bits per heavy atom. The summed E-state index contributed by atoms with van der Waals surface area (Å²) < 4.78 is 23.6. The number of rotatable bonds is 5. The van der Waals surface area contributed by atoms with Gasteiger partial charge in [0.2, 0.25) is 0 Å². The van der Waals surface area contributed by atoms with Gasteiger partial charge in [0.15, 0.2) is 9.84 Å². The van der Waals surface area contributed by atoms with Gasteiger partial charge in [-0.1, -0.05) is 26.7 Å². The maximum absolute atomic E-state index is 11.8. The third kappa shape index (κ3) is 4.45. The molecule has 19 heavy (non-hydrogen) atoms. The van der Waals surface area contributed by atoms with E-state index in [-0.39, 0.29) is 5.25 Å². The largest absolute Gasteiger partial charge is 0.313 e. The fourth-order valence-corrected chi connectivity index (χ4v) is 5.52. The second-order valence-corrected chi connectivity index (χ2v) is 9.30. The molecule has 1 saturated carbocycles. The molecule has 3 unspecified atom stereocenters. The Hall–Kier alpha value is -0.0900. The van der Waals surface area contributed by atoms with Crippen LogP contribution in [-0.4, -0.2) is 32.0 Å². The van der Waals surface area contributed by atoms with E-state index in [2.05, 4.69) is 19.2 Å². The van der Waals surface area contributed by atoms with Gasteiger partial charge >= 0.3 is 0 Å². The fourth-order valence-electron chi connectivity index (χ4n) is 3.74. The van der Waals surface area contributed by atoms with E-state index in [9.17, 15) is 8.42 Å². The molecular formula is C15H29NO2S. The highest BCUT2D eigenvalue weighted by molar-refractivity contribution is 7.92. The monoisotopic (exact) mass is 287 g/mol. The van der Waals surface area contributed by atoms with E-state index in [0.717, 1.165) is 24.7 Å². The molecule has 1 heterocycles. The van der Waals surface area contributed by atoms with E-state index < -0.39 is 9.84 Å². The SMILES string of the molecule is CC(C)CC1CCCC(NCC2CCCS2(=O)=O)C1. The van der Waals surface area contributed by atoms with Gasteiger partial charge in [-0.2, -0.15) is 0 Å². The summed E-state index contributed by atoms with van der Waals surface area (Å²) in [5.41, 5.74) is 0. The van der Waals surface area contributed by atoms with Crippen molar-refractivity contribution in [1.82, 2.24) is 5.32 Å². The lowest BCUT2D eigenvalue weighted by molar-refractivity contribution is 0.253. The highest BCUT2D eigenvalue weighted by Gasteiger charge is 2.32. The summed E-state index contributed by atoms with van der Waals surface area (Å²) in [5.74, 6) is 2.02. The first kappa shape index (κ1) is 15.3. The van der Waals surface area contributed by atoms with E-state index in [1.165, 1.54) is 32.1 Å². The predicted molar refractivity (Wildman–Crippen MR) is 80.0 cm³/mol. The smallest absolute Gasteiger partial charge is 0.154 e. The van der Waals surface area contributed by atoms with Gasteiger partial charge in [0.1, 0.15) is 0 Å². The van der Waals surface area contributed by atoms with Crippen LogP contribution in [0.5, 0.6) is 0 Å². The molecule has 0 radical (unpaired) electrons. The van der Waals surface area contributed by atoms with Crippen LogP contribution in [0.3, 0.4) is 0 Å². The summed E-state index contributed by atoms with van der Waals surface area (Å²) in [4.78, 5) is 0. The summed E-state index contributed by atoms with van der Waals surface area (Å²) in [6, 6.07) is 0.549. The van der Waals surface area contributed by atoms with Crippen LogP contribution < -0.4 is 5.32 Å². The van der Waals surface area contributed by atoms with Gasteiger partial charge in [0, 0.05) is 12.6 Å². The van der Waals surface area contributed by atoms with E-state index in [4.69, 9.17) is 0 Å². The van der Waals surface area contributed by atoms with Gasteiger partial charge in [-0.15, -0.1) is 0 Å². The summed E-state index contributed by atoms with van der Waals surface area (Å²) in [6.07, 6.45) is 8.16. The first-order chi connectivity index (χ1) is 8.97. The molecule has 4 heteroatoms. The summed E-state index contributed by atoms with van der Waals surface area (Å²) in [7, 11) is -2.78. The van der Waals surface area contributed by atoms with Crippen molar-refractivity contribution in [3.63, 3.8) is 0 Å². The zero-order valence-electron chi connectivity index (χ0n) is 12.4. The average molecular weight is 287 g/mol. The van der Waals surface area contributed by atoms with Crippen LogP contribution in [0.2, 0.25) is 0 Å². The molecule has 0 aromatic carbocycles. The van der Waals surface area contributed by atoms with Gasteiger partial charge < -0.3 is 5.32 Å². The first-order valence-electron chi connectivity index (χ1n) is 7.92. The summed E-state index contributed by atoms with van der Waals surface area (Å²) in [6.45, 7) is 5.27. The standard InChI is InChI=1S/C15H29NO2S/c1-12(2)9-13-5-3-6-14(10-13)16-11-15-7-4-8-19(15,17)18/h12-16H,3-11H2,1-2H3. The molecular weight excluding hydrogens is 258 g/mol. The van der Waals surface area contributed by atoms with Crippen molar-refractivity contribution >= 4 is 9.84 Å². The quantitative estimate of drug-likeness (QED) is 0.845. The number of sulfone groups is 1. The molecule has 3 nitrogen and oxygen atoms in total. The molecule has 1 aliphatic heterocycles.